The second-order valence-corrected chi connectivity index (χ2v) is 17.6. The molecule has 4 rings (SSSR count). The first-order valence-electron chi connectivity index (χ1n) is 9.60. The van der Waals surface area contributed by atoms with Crippen LogP contribution >= 0.6 is 0 Å². The first-order valence-corrected chi connectivity index (χ1v) is 15.6. The molecule has 2 aliphatic rings. The van der Waals surface area contributed by atoms with Gasteiger partial charge in [0.25, 0.3) is 0 Å². The molecular formula is C22H30N2Si2. The molecule has 1 atom stereocenters. The van der Waals surface area contributed by atoms with Crippen LogP contribution in [0.4, 0.5) is 5.69 Å². The van der Waals surface area contributed by atoms with Crippen molar-refractivity contribution < 1.29 is 0 Å². The number of hydrogen-bond acceptors (Lipinski definition) is 2. The van der Waals surface area contributed by atoms with Gasteiger partial charge >= 0.3 is 0 Å². The van der Waals surface area contributed by atoms with Crippen molar-refractivity contribution >= 4 is 42.6 Å². The normalized spacial score (nSPS) is 22.3. The Morgan fingerprint density at radius 2 is 1.35 bits per heavy atom. The highest BCUT2D eigenvalue weighted by atomic mass is 28.3. The molecule has 0 saturated heterocycles. The zero-order valence-corrected chi connectivity index (χ0v) is 19.1. The number of nitrogens with zero attached hydrogens (tertiary/aromatic N) is 2. The van der Waals surface area contributed by atoms with E-state index >= 15 is 0 Å². The van der Waals surface area contributed by atoms with Gasteiger partial charge in [-0.25, -0.2) is 0 Å². The van der Waals surface area contributed by atoms with E-state index < -0.39 is 16.1 Å². The number of aryl methyl sites for hydroxylation is 1. The van der Waals surface area contributed by atoms with Crippen LogP contribution in [0.2, 0.25) is 26.2 Å². The largest absolute Gasteiger partial charge is 0.359 e. The molecule has 26 heavy (non-hydrogen) atoms. The molecule has 2 heterocycles. The molecule has 2 nitrogen and oxygen atoms in total. The van der Waals surface area contributed by atoms with Crippen LogP contribution in [0.5, 0.6) is 0 Å². The Morgan fingerprint density at radius 1 is 0.808 bits per heavy atom. The third kappa shape index (κ3) is 2.28. The van der Waals surface area contributed by atoms with Gasteiger partial charge in [0, 0.05) is 25.1 Å². The zero-order valence-electron chi connectivity index (χ0n) is 17.1. The second kappa shape index (κ2) is 5.60. The van der Waals surface area contributed by atoms with Crippen molar-refractivity contribution in [2.75, 3.05) is 11.9 Å². The summed E-state index contributed by atoms with van der Waals surface area (Å²) in [6.45, 7) is 14.7. The van der Waals surface area contributed by atoms with Gasteiger partial charge in [-0.3, -0.25) is 0 Å². The zero-order chi connectivity index (χ0) is 18.9. The lowest BCUT2D eigenvalue weighted by Crippen LogP contribution is -2.78. The summed E-state index contributed by atoms with van der Waals surface area (Å²) in [5.74, 6) is 0. The Morgan fingerprint density at radius 3 is 1.85 bits per heavy atom. The van der Waals surface area contributed by atoms with Crippen molar-refractivity contribution in [2.45, 2.75) is 46.2 Å². The Bertz CT molecular complexity index is 914. The molecule has 0 unspecified atom stereocenters. The average Bonchev–Trinajstić information content (AvgIpc) is 2.93. The minimum atomic E-state index is -1.69. The maximum absolute atomic E-state index is 2.54. The molecule has 0 spiro atoms. The summed E-state index contributed by atoms with van der Waals surface area (Å²) in [7, 11) is -1.20. The molecule has 0 radical (unpaired) electrons. The van der Waals surface area contributed by atoms with Gasteiger partial charge in [0.05, 0.1) is 0 Å². The lowest BCUT2D eigenvalue weighted by Gasteiger charge is -2.43. The highest BCUT2D eigenvalue weighted by Crippen LogP contribution is 2.28. The highest BCUT2D eigenvalue weighted by molar-refractivity contribution is 7.16. The van der Waals surface area contributed by atoms with Crippen LogP contribution in [0.1, 0.15) is 12.5 Å². The average molecular weight is 379 g/mol. The number of benzene rings is 2. The Balaban J connectivity index is 1.95. The molecule has 4 heteroatoms. The molecule has 0 fully saturated rings. The van der Waals surface area contributed by atoms with E-state index in [4.69, 9.17) is 0 Å². The molecule has 2 aromatic rings. The van der Waals surface area contributed by atoms with Crippen molar-refractivity contribution in [1.82, 2.24) is 4.90 Å². The minimum absolute atomic E-state index is 0.373. The number of hydrogen-bond donors (Lipinski definition) is 0. The standard InChI is InChI=1S/C22H30N2Si2/c1-16-14-21-22(15-18(16)24-13-12-23(3)17(24)2)26(6,7)20-11-9-8-10-19(20)25(21,4)5/h8-15,17H,1-7H3/t17-/m0/s1. The van der Waals surface area contributed by atoms with E-state index in [1.165, 1.54) is 11.3 Å². The van der Waals surface area contributed by atoms with Gasteiger partial charge in [0.1, 0.15) is 22.3 Å². The molecule has 0 aromatic heterocycles. The second-order valence-electron chi connectivity index (χ2n) is 8.98. The van der Waals surface area contributed by atoms with Gasteiger partial charge in [-0.2, -0.15) is 0 Å². The van der Waals surface area contributed by atoms with Gasteiger partial charge in [0.2, 0.25) is 0 Å². The molecule has 0 amide bonds. The van der Waals surface area contributed by atoms with Crippen molar-refractivity contribution in [2.24, 2.45) is 0 Å². The number of fused-ring (bicyclic) bond motifs is 2. The van der Waals surface area contributed by atoms with Crippen LogP contribution in [0.15, 0.2) is 48.8 Å². The fourth-order valence-corrected chi connectivity index (χ4v) is 14.2. The molecule has 0 N–H and O–H groups in total. The van der Waals surface area contributed by atoms with Crippen molar-refractivity contribution in [3.8, 4) is 0 Å². The van der Waals surface area contributed by atoms with E-state index in [1.54, 1.807) is 20.7 Å². The van der Waals surface area contributed by atoms with Crippen molar-refractivity contribution in [3.63, 3.8) is 0 Å². The molecule has 136 valence electrons. The van der Waals surface area contributed by atoms with Crippen LogP contribution in [-0.2, 0) is 0 Å². The molecule has 2 aliphatic heterocycles. The third-order valence-electron chi connectivity index (χ3n) is 6.69. The third-order valence-corrected chi connectivity index (χ3v) is 14.3. The quantitative estimate of drug-likeness (QED) is 0.704. The van der Waals surface area contributed by atoms with Gasteiger partial charge in [0.15, 0.2) is 0 Å². The number of anilines is 1. The smallest absolute Gasteiger partial charge is 0.112 e. The van der Waals surface area contributed by atoms with Crippen LogP contribution in [0, 0.1) is 6.92 Å². The maximum atomic E-state index is 2.54. The van der Waals surface area contributed by atoms with Crippen molar-refractivity contribution in [3.05, 3.63) is 54.4 Å². The van der Waals surface area contributed by atoms with E-state index in [0.717, 1.165) is 0 Å². The predicted molar refractivity (Wildman–Crippen MR) is 120 cm³/mol. The summed E-state index contributed by atoms with van der Waals surface area (Å²) < 4.78 is 0. The van der Waals surface area contributed by atoms with E-state index in [9.17, 15) is 0 Å². The summed E-state index contributed by atoms with van der Waals surface area (Å²) in [6.07, 6.45) is 4.78. The minimum Gasteiger partial charge on any atom is -0.359 e. The van der Waals surface area contributed by atoms with Crippen LogP contribution in [0.3, 0.4) is 0 Å². The maximum Gasteiger partial charge on any atom is 0.112 e. The van der Waals surface area contributed by atoms with E-state index in [-0.39, 0.29) is 0 Å². The van der Waals surface area contributed by atoms with E-state index in [2.05, 4.69) is 106 Å². The highest BCUT2D eigenvalue weighted by Gasteiger charge is 2.44. The SMILES string of the molecule is Cc1cc2c(cc1N1C=CN(C)[C@@H]1C)[Si](C)(C)c1ccccc1[Si]2(C)C. The van der Waals surface area contributed by atoms with Crippen LogP contribution in [-0.4, -0.2) is 34.3 Å². The summed E-state index contributed by atoms with van der Waals surface area (Å²) in [5, 5.41) is 6.63. The van der Waals surface area contributed by atoms with Gasteiger partial charge < -0.3 is 9.80 Å². The van der Waals surface area contributed by atoms with Crippen LogP contribution in [0.25, 0.3) is 0 Å². The van der Waals surface area contributed by atoms with Crippen molar-refractivity contribution in [1.29, 1.82) is 0 Å². The van der Waals surface area contributed by atoms with E-state index in [1.807, 2.05) is 0 Å². The predicted octanol–water partition coefficient (Wildman–Crippen LogP) is 2.52. The molecule has 0 aliphatic carbocycles. The molecular weight excluding hydrogens is 348 g/mol. The van der Waals surface area contributed by atoms with Gasteiger partial charge in [-0.15, -0.1) is 0 Å². The lowest BCUT2D eigenvalue weighted by molar-refractivity contribution is 0.383. The fourth-order valence-electron chi connectivity index (χ4n) is 4.78. The summed E-state index contributed by atoms with van der Waals surface area (Å²) >= 11 is 0. The topological polar surface area (TPSA) is 6.48 Å². The Hall–Kier alpha value is -1.79. The summed E-state index contributed by atoms with van der Waals surface area (Å²) in [6, 6.07) is 14.4. The van der Waals surface area contributed by atoms with E-state index in [0.29, 0.717) is 6.17 Å². The number of rotatable bonds is 1. The first-order chi connectivity index (χ1) is 12.2. The lowest BCUT2D eigenvalue weighted by atomic mass is 10.1. The monoisotopic (exact) mass is 378 g/mol. The Labute approximate surface area is 160 Å². The summed E-state index contributed by atoms with van der Waals surface area (Å²) in [5.41, 5.74) is 2.78. The fraction of sp³-hybridized carbons (Fsp3) is 0.364. The molecule has 0 bridgehead atoms. The first kappa shape index (κ1) is 17.6. The van der Waals surface area contributed by atoms with Gasteiger partial charge in [-0.05, 0) is 25.5 Å². The Kier molecular flexibility index (Phi) is 3.80. The molecule has 2 aromatic carbocycles. The molecule has 0 saturated carbocycles. The van der Waals surface area contributed by atoms with Crippen LogP contribution < -0.4 is 25.6 Å². The van der Waals surface area contributed by atoms with Gasteiger partial charge in [-0.1, -0.05) is 77.3 Å². The summed E-state index contributed by atoms with van der Waals surface area (Å²) in [4.78, 5) is 4.70.